The van der Waals surface area contributed by atoms with Gasteiger partial charge in [0.15, 0.2) is 0 Å². The molecule has 0 heterocycles. The van der Waals surface area contributed by atoms with Crippen LogP contribution in [0.1, 0.15) is 0 Å². The van der Waals surface area contributed by atoms with Crippen molar-refractivity contribution < 1.29 is 52.1 Å². The van der Waals surface area contributed by atoms with Crippen molar-refractivity contribution in [3.8, 4) is 0 Å². The summed E-state index contributed by atoms with van der Waals surface area (Å²) >= 11 is 0. The Bertz CT molecular complexity index is 213. The minimum absolute atomic E-state index is 0. The van der Waals surface area contributed by atoms with E-state index in [1.807, 2.05) is 0 Å². The monoisotopic (exact) mass is 295 g/mol. The van der Waals surface area contributed by atoms with Crippen molar-refractivity contribution in [1.29, 1.82) is 0 Å². The van der Waals surface area contributed by atoms with Gasteiger partial charge in [-0.25, -0.2) is 0 Å². The van der Waals surface area contributed by atoms with Crippen LogP contribution in [0.5, 0.6) is 0 Å². The average molecular weight is 296 g/mol. The fraction of sp³-hybridized carbons (Fsp3) is 0. The van der Waals surface area contributed by atoms with Crippen molar-refractivity contribution >= 4 is 58.5 Å². The van der Waals surface area contributed by atoms with Crippen molar-refractivity contribution in [2.75, 3.05) is 0 Å². The summed E-state index contributed by atoms with van der Waals surface area (Å²) in [5, 5.41) is 0. The Morgan fingerprint density at radius 3 is 0.667 bits per heavy atom. The molecule has 73 valence electrons. The molecule has 0 amide bonds. The molecule has 0 aliphatic heterocycles. The molecule has 0 unspecified atom stereocenters. The Hall–Kier alpha value is 1.52. The first-order valence-corrected chi connectivity index (χ1v) is 4.00. The van der Waals surface area contributed by atoms with Crippen LogP contribution in [0.25, 0.3) is 0 Å². The minimum atomic E-state index is -5.17. The summed E-state index contributed by atoms with van der Waals surface area (Å²) in [6.07, 6.45) is 0. The molecule has 0 N–H and O–H groups in total. The molecule has 0 aromatic rings. The van der Waals surface area contributed by atoms with Gasteiger partial charge in [-0.1, -0.05) is 0 Å². The fourth-order valence-corrected chi connectivity index (χ4v) is 0. The van der Waals surface area contributed by atoms with E-state index in [1.165, 1.54) is 0 Å². The third-order valence-electron chi connectivity index (χ3n) is 0. The van der Waals surface area contributed by atoms with Gasteiger partial charge in [-0.05, 0) is 0 Å². The van der Waals surface area contributed by atoms with Gasteiger partial charge in [0.05, 0.1) is 0 Å². The topological polar surface area (TPSA) is 161 Å². The maximum absolute atomic E-state index is 8.52. The second-order valence-electron chi connectivity index (χ2n) is 0.816. The summed E-state index contributed by atoms with van der Waals surface area (Å²) in [6, 6.07) is 0. The molecular formula is CaCuO8S2. The summed E-state index contributed by atoms with van der Waals surface area (Å²) in [6.45, 7) is 0. The van der Waals surface area contributed by atoms with Crippen LogP contribution in [0.2, 0.25) is 0 Å². The maximum Gasteiger partial charge on any atom is 2.00 e. The van der Waals surface area contributed by atoms with E-state index in [-0.39, 0.29) is 54.8 Å². The molecule has 0 fully saturated rings. The van der Waals surface area contributed by atoms with Crippen molar-refractivity contribution in [3.05, 3.63) is 0 Å². The molecule has 0 aliphatic carbocycles. The van der Waals surface area contributed by atoms with Gasteiger partial charge in [0, 0.05) is 20.8 Å². The zero-order valence-electron chi connectivity index (χ0n) is 5.09. The zero-order valence-corrected chi connectivity index (χ0v) is 9.87. The molecule has 0 saturated carbocycles. The van der Waals surface area contributed by atoms with Crippen molar-refractivity contribution in [3.63, 3.8) is 0 Å². The molecule has 1 radical (unpaired) electrons. The molecule has 8 nitrogen and oxygen atoms in total. The van der Waals surface area contributed by atoms with E-state index >= 15 is 0 Å². The van der Waals surface area contributed by atoms with E-state index in [2.05, 4.69) is 0 Å². The normalized spacial score (nSPS) is 9.67. The van der Waals surface area contributed by atoms with Gasteiger partial charge in [-0.3, -0.25) is 16.8 Å². The molecule has 0 saturated heterocycles. The van der Waals surface area contributed by atoms with Crippen molar-refractivity contribution in [1.82, 2.24) is 0 Å². The van der Waals surface area contributed by atoms with E-state index in [9.17, 15) is 0 Å². The molecule has 0 rings (SSSR count). The van der Waals surface area contributed by atoms with Crippen LogP contribution >= 0.6 is 0 Å². The van der Waals surface area contributed by atoms with Crippen LogP contribution in [0, 0.1) is 0 Å². The molecule has 0 aliphatic rings. The predicted molar refractivity (Wildman–Crippen MR) is 26.7 cm³/mol. The summed E-state index contributed by atoms with van der Waals surface area (Å²) in [5.41, 5.74) is 0. The Labute approximate surface area is 109 Å². The second-order valence-corrected chi connectivity index (χ2v) is 2.45. The van der Waals surface area contributed by atoms with E-state index in [0.717, 1.165) is 0 Å². The fourth-order valence-electron chi connectivity index (χ4n) is 0. The third-order valence-corrected chi connectivity index (χ3v) is 0. The second kappa shape index (κ2) is 9.09. The van der Waals surface area contributed by atoms with E-state index < -0.39 is 20.8 Å². The molecule has 12 heteroatoms. The SMILES string of the molecule is O=S(=O)([O-])[O-].O=S(=O)([O-])[O-].[Ca+2].[Cu+2]. The maximum atomic E-state index is 8.52. The molecular weight excluding hydrogens is 296 g/mol. The van der Waals surface area contributed by atoms with Crippen LogP contribution in [-0.4, -0.2) is 72.8 Å². The minimum Gasteiger partial charge on any atom is -0.759 e. The molecule has 0 aromatic heterocycles. The Balaban J connectivity index is -0.0000000457. The molecule has 0 atom stereocenters. The standard InChI is InChI=1S/Ca.Cu.2H2O4S/c;;2*1-5(2,3)4/h;;2*(H2,1,2,3,4)/q2*+2;;/p-4. The van der Waals surface area contributed by atoms with Gasteiger partial charge < -0.3 is 18.2 Å². The first-order chi connectivity index (χ1) is 4.00. The van der Waals surface area contributed by atoms with E-state index in [1.54, 1.807) is 0 Å². The largest absolute Gasteiger partial charge is 2.00 e. The summed E-state index contributed by atoms with van der Waals surface area (Å²) in [5.74, 6) is 0. The van der Waals surface area contributed by atoms with Crippen LogP contribution in [0.4, 0.5) is 0 Å². The molecule has 0 spiro atoms. The van der Waals surface area contributed by atoms with Gasteiger partial charge in [0.1, 0.15) is 0 Å². The Kier molecular flexibility index (Phi) is 17.7. The first kappa shape index (κ1) is 23.4. The van der Waals surface area contributed by atoms with Crippen molar-refractivity contribution in [2.24, 2.45) is 0 Å². The molecule has 12 heavy (non-hydrogen) atoms. The third kappa shape index (κ3) is 552. The van der Waals surface area contributed by atoms with Crippen LogP contribution in [0.15, 0.2) is 0 Å². The van der Waals surface area contributed by atoms with Gasteiger partial charge in [-0.2, -0.15) is 0 Å². The zero-order chi connectivity index (χ0) is 9.00. The van der Waals surface area contributed by atoms with Crippen LogP contribution in [0.3, 0.4) is 0 Å². The average Bonchev–Trinajstić information content (AvgIpc) is 1.12. The summed E-state index contributed by atoms with van der Waals surface area (Å²) in [4.78, 5) is 0. The van der Waals surface area contributed by atoms with Gasteiger partial charge in [0.25, 0.3) is 0 Å². The first-order valence-electron chi connectivity index (χ1n) is 1.33. The quantitative estimate of drug-likeness (QED) is 0.258. The molecule has 0 aromatic carbocycles. The number of hydrogen-bond donors (Lipinski definition) is 0. The van der Waals surface area contributed by atoms with E-state index in [0.29, 0.717) is 0 Å². The van der Waals surface area contributed by atoms with Gasteiger partial charge in [-0.15, -0.1) is 0 Å². The summed E-state index contributed by atoms with van der Waals surface area (Å²) in [7, 11) is -10.3. The number of rotatable bonds is 0. The van der Waals surface area contributed by atoms with Crippen LogP contribution < -0.4 is 0 Å². The van der Waals surface area contributed by atoms with Gasteiger partial charge in [0.2, 0.25) is 0 Å². The van der Waals surface area contributed by atoms with Crippen molar-refractivity contribution in [2.45, 2.75) is 0 Å². The summed E-state index contributed by atoms with van der Waals surface area (Å²) < 4.78 is 68.2. The smallest absolute Gasteiger partial charge is 0.759 e. The van der Waals surface area contributed by atoms with Gasteiger partial charge >= 0.3 is 54.8 Å². The Morgan fingerprint density at radius 1 is 0.667 bits per heavy atom. The molecule has 0 bridgehead atoms. The predicted octanol–water partition coefficient (Wildman–Crippen LogP) is -3.06. The van der Waals surface area contributed by atoms with Crippen LogP contribution in [-0.2, 0) is 37.9 Å². The van der Waals surface area contributed by atoms with E-state index in [4.69, 9.17) is 35.0 Å². The Morgan fingerprint density at radius 2 is 0.667 bits per heavy atom. The number of hydrogen-bond acceptors (Lipinski definition) is 8.